The van der Waals surface area contributed by atoms with E-state index in [4.69, 9.17) is 27.9 Å². The van der Waals surface area contributed by atoms with Gasteiger partial charge in [0.25, 0.3) is 15.9 Å². The summed E-state index contributed by atoms with van der Waals surface area (Å²) in [6.45, 7) is 0. The Morgan fingerprint density at radius 1 is 0.967 bits per heavy atom. The van der Waals surface area contributed by atoms with E-state index >= 15 is 0 Å². The Bertz CT molecular complexity index is 1220. The van der Waals surface area contributed by atoms with E-state index in [2.05, 4.69) is 10.0 Å². The molecule has 0 aliphatic rings. The minimum Gasteiger partial charge on any atom is -0.506 e. The molecule has 3 N–H and O–H groups in total. The highest BCUT2D eigenvalue weighted by molar-refractivity contribution is 7.92. The SMILES string of the molecule is COc1ccccc1NS(=O)(=O)c1ccc(O)c(NC(=O)c2ccc(Cl)c(Cl)c2)c1. The molecule has 0 aromatic heterocycles. The summed E-state index contributed by atoms with van der Waals surface area (Å²) in [7, 11) is -2.61. The van der Waals surface area contributed by atoms with Crippen molar-refractivity contribution in [2.45, 2.75) is 4.90 Å². The van der Waals surface area contributed by atoms with Gasteiger partial charge in [-0.1, -0.05) is 35.3 Å². The second kappa shape index (κ2) is 8.83. The normalized spacial score (nSPS) is 11.0. The molecule has 1 amide bonds. The van der Waals surface area contributed by atoms with Crippen LogP contribution in [0, 0.1) is 0 Å². The van der Waals surface area contributed by atoms with Crippen LogP contribution >= 0.6 is 23.2 Å². The van der Waals surface area contributed by atoms with Crippen molar-refractivity contribution in [1.82, 2.24) is 0 Å². The van der Waals surface area contributed by atoms with Crippen LogP contribution in [0.25, 0.3) is 0 Å². The van der Waals surface area contributed by atoms with Crippen molar-refractivity contribution < 1.29 is 23.1 Å². The lowest BCUT2D eigenvalue weighted by Crippen LogP contribution is -2.15. The molecule has 0 bridgehead atoms. The van der Waals surface area contributed by atoms with Crippen LogP contribution in [0.4, 0.5) is 11.4 Å². The molecule has 10 heteroatoms. The van der Waals surface area contributed by atoms with Gasteiger partial charge in [-0.05, 0) is 48.5 Å². The highest BCUT2D eigenvalue weighted by Gasteiger charge is 2.19. The average Bonchev–Trinajstić information content (AvgIpc) is 2.71. The Hall–Kier alpha value is -2.94. The van der Waals surface area contributed by atoms with Gasteiger partial charge >= 0.3 is 0 Å². The Morgan fingerprint density at radius 3 is 2.40 bits per heavy atom. The third kappa shape index (κ3) is 4.79. The van der Waals surface area contributed by atoms with E-state index < -0.39 is 15.9 Å². The molecular formula is C20H16Cl2N2O5S. The van der Waals surface area contributed by atoms with E-state index in [1.807, 2.05) is 0 Å². The number of benzene rings is 3. The monoisotopic (exact) mass is 466 g/mol. The smallest absolute Gasteiger partial charge is 0.262 e. The third-order valence-corrected chi connectivity index (χ3v) is 6.16. The first kappa shape index (κ1) is 21.8. The summed E-state index contributed by atoms with van der Waals surface area (Å²) in [5.41, 5.74) is 0.340. The molecule has 30 heavy (non-hydrogen) atoms. The summed E-state index contributed by atoms with van der Waals surface area (Å²) in [6.07, 6.45) is 0. The molecule has 7 nitrogen and oxygen atoms in total. The first-order chi connectivity index (χ1) is 14.2. The van der Waals surface area contributed by atoms with Crippen molar-refractivity contribution in [1.29, 1.82) is 0 Å². The van der Waals surface area contributed by atoms with Crippen molar-refractivity contribution in [3.05, 3.63) is 76.3 Å². The number of carbonyl (C=O) groups excluding carboxylic acids is 1. The number of hydrogen-bond donors (Lipinski definition) is 3. The summed E-state index contributed by atoms with van der Waals surface area (Å²) in [5.74, 6) is -0.566. The summed E-state index contributed by atoms with van der Waals surface area (Å²) in [5, 5.41) is 13.0. The first-order valence-electron chi connectivity index (χ1n) is 8.46. The van der Waals surface area contributed by atoms with Crippen molar-refractivity contribution in [2.24, 2.45) is 0 Å². The molecule has 0 aliphatic carbocycles. The first-order valence-corrected chi connectivity index (χ1v) is 10.7. The number of para-hydroxylation sites is 2. The third-order valence-electron chi connectivity index (χ3n) is 4.06. The van der Waals surface area contributed by atoms with Crippen molar-refractivity contribution >= 4 is 50.5 Å². The zero-order valence-electron chi connectivity index (χ0n) is 15.5. The second-order valence-corrected chi connectivity index (χ2v) is 8.56. The van der Waals surface area contributed by atoms with Crippen molar-refractivity contribution in [2.75, 3.05) is 17.1 Å². The van der Waals surface area contributed by atoms with Crippen LogP contribution in [-0.2, 0) is 10.0 Å². The average molecular weight is 467 g/mol. The Morgan fingerprint density at radius 2 is 1.70 bits per heavy atom. The number of rotatable bonds is 6. The minimum absolute atomic E-state index is 0.0889. The zero-order valence-corrected chi connectivity index (χ0v) is 17.8. The molecule has 0 unspecified atom stereocenters. The van der Waals surface area contributed by atoms with Gasteiger partial charge in [-0.2, -0.15) is 0 Å². The second-order valence-electron chi connectivity index (χ2n) is 6.07. The van der Waals surface area contributed by atoms with E-state index in [-0.39, 0.29) is 37.6 Å². The standard InChI is InChI=1S/C20H16Cl2N2O5S/c1-29-19-5-3-2-4-16(19)24-30(27,28)13-7-9-18(25)17(11-13)23-20(26)12-6-8-14(21)15(22)10-12/h2-11,24-25H,1H3,(H,23,26). The number of methoxy groups -OCH3 is 1. The molecule has 3 aromatic rings. The number of nitrogens with one attached hydrogen (secondary N) is 2. The van der Waals surface area contributed by atoms with Crippen LogP contribution in [0.3, 0.4) is 0 Å². The van der Waals surface area contributed by atoms with Crippen LogP contribution in [0.1, 0.15) is 10.4 Å². The number of ether oxygens (including phenoxy) is 1. The lowest BCUT2D eigenvalue weighted by molar-refractivity contribution is 0.102. The fraction of sp³-hybridized carbons (Fsp3) is 0.0500. The Labute approximate surface area is 183 Å². The lowest BCUT2D eigenvalue weighted by atomic mass is 10.2. The number of anilines is 2. The Kier molecular flexibility index (Phi) is 6.40. The number of phenolic OH excluding ortho intramolecular Hbond substituents is 1. The van der Waals surface area contributed by atoms with Crippen molar-refractivity contribution in [3.8, 4) is 11.5 Å². The van der Waals surface area contributed by atoms with Gasteiger partial charge < -0.3 is 15.2 Å². The maximum atomic E-state index is 12.8. The van der Waals surface area contributed by atoms with E-state index in [1.165, 1.54) is 37.4 Å². The van der Waals surface area contributed by atoms with Crippen LogP contribution in [-0.4, -0.2) is 26.5 Å². The van der Waals surface area contributed by atoms with Gasteiger partial charge in [0.15, 0.2) is 0 Å². The molecular weight excluding hydrogens is 451 g/mol. The lowest BCUT2D eigenvalue weighted by Gasteiger charge is -2.13. The molecule has 0 spiro atoms. The fourth-order valence-corrected chi connectivity index (χ4v) is 3.94. The van der Waals surface area contributed by atoms with Gasteiger partial charge in [-0.3, -0.25) is 9.52 Å². The summed E-state index contributed by atoms with van der Waals surface area (Å²) >= 11 is 11.8. The molecule has 0 fully saturated rings. The van der Waals surface area contributed by atoms with Crippen LogP contribution in [0.15, 0.2) is 65.6 Å². The van der Waals surface area contributed by atoms with Gasteiger partial charge in [0.1, 0.15) is 11.5 Å². The predicted octanol–water partition coefficient (Wildman–Crippen LogP) is 4.76. The fourth-order valence-electron chi connectivity index (χ4n) is 2.55. The molecule has 3 rings (SSSR count). The molecule has 0 heterocycles. The molecule has 0 atom stereocenters. The summed E-state index contributed by atoms with van der Waals surface area (Å²) in [4.78, 5) is 12.3. The number of phenols is 1. The van der Waals surface area contributed by atoms with Gasteiger partial charge in [0.2, 0.25) is 0 Å². The molecule has 0 saturated heterocycles. The number of aromatic hydroxyl groups is 1. The number of sulfonamides is 1. The van der Waals surface area contributed by atoms with E-state index in [0.29, 0.717) is 5.75 Å². The van der Waals surface area contributed by atoms with E-state index in [9.17, 15) is 18.3 Å². The molecule has 0 radical (unpaired) electrons. The Balaban J connectivity index is 1.88. The quantitative estimate of drug-likeness (QED) is 0.454. The highest BCUT2D eigenvalue weighted by Crippen LogP contribution is 2.31. The molecule has 0 aliphatic heterocycles. The topological polar surface area (TPSA) is 105 Å². The number of carbonyl (C=O) groups is 1. The van der Waals surface area contributed by atoms with E-state index in [1.54, 1.807) is 24.3 Å². The molecule has 3 aromatic carbocycles. The summed E-state index contributed by atoms with van der Waals surface area (Å²) < 4.78 is 33.1. The van der Waals surface area contributed by atoms with Gasteiger partial charge in [-0.15, -0.1) is 0 Å². The van der Waals surface area contributed by atoms with E-state index in [0.717, 1.165) is 6.07 Å². The number of amides is 1. The van der Waals surface area contributed by atoms with Crippen LogP contribution in [0.5, 0.6) is 11.5 Å². The molecule has 156 valence electrons. The van der Waals surface area contributed by atoms with Crippen LogP contribution < -0.4 is 14.8 Å². The maximum Gasteiger partial charge on any atom is 0.262 e. The zero-order chi connectivity index (χ0) is 21.9. The number of hydrogen-bond acceptors (Lipinski definition) is 5. The van der Waals surface area contributed by atoms with Gasteiger partial charge in [-0.25, -0.2) is 8.42 Å². The highest BCUT2D eigenvalue weighted by atomic mass is 35.5. The summed E-state index contributed by atoms with van der Waals surface area (Å²) in [6, 6.07) is 14.3. The number of halogens is 2. The van der Waals surface area contributed by atoms with Gasteiger partial charge in [0.05, 0.1) is 33.4 Å². The van der Waals surface area contributed by atoms with Gasteiger partial charge in [0, 0.05) is 5.56 Å². The molecule has 0 saturated carbocycles. The minimum atomic E-state index is -4.03. The van der Waals surface area contributed by atoms with Crippen LogP contribution in [0.2, 0.25) is 10.0 Å². The maximum absolute atomic E-state index is 12.8. The predicted molar refractivity (Wildman–Crippen MR) is 116 cm³/mol. The van der Waals surface area contributed by atoms with Crippen molar-refractivity contribution in [3.63, 3.8) is 0 Å². The largest absolute Gasteiger partial charge is 0.506 e.